The lowest BCUT2D eigenvalue weighted by atomic mass is 9.74. The average molecular weight is 450 g/mol. The molecule has 1 amide bonds. The van der Waals surface area contributed by atoms with Gasteiger partial charge in [-0.2, -0.15) is 0 Å². The van der Waals surface area contributed by atoms with Gasteiger partial charge in [-0.1, -0.05) is 94.8 Å². The molecule has 2 fully saturated rings. The van der Waals surface area contributed by atoms with Crippen LogP contribution in [0, 0.1) is 11.8 Å². The minimum Gasteiger partial charge on any atom is -0.407 e. The van der Waals surface area contributed by atoms with Gasteiger partial charge in [-0.05, 0) is 52.9 Å². The van der Waals surface area contributed by atoms with Crippen LogP contribution in [0.5, 0.6) is 0 Å². The smallest absolute Gasteiger partial charge is 0.261 e. The minimum absolute atomic E-state index is 0.0104. The molecule has 0 aromatic heterocycles. The summed E-state index contributed by atoms with van der Waals surface area (Å²) < 4.78 is 7.23. The number of piperidine rings is 1. The Kier molecular flexibility index (Phi) is 6.65. The number of hydrogen-bond donors (Lipinski definition) is 1. The molecule has 172 valence electrons. The van der Waals surface area contributed by atoms with Gasteiger partial charge in [0.2, 0.25) is 5.91 Å². The molecule has 0 radical (unpaired) electrons. The molecule has 0 unspecified atom stereocenters. The first-order valence-corrected chi connectivity index (χ1v) is 14.3. The molecule has 2 aromatic carbocycles. The lowest BCUT2D eigenvalue weighted by Crippen LogP contribution is -2.67. The number of rotatable bonds is 6. The Morgan fingerprint density at radius 3 is 2.09 bits per heavy atom. The highest BCUT2D eigenvalue weighted by atomic mass is 28.4. The third-order valence-electron chi connectivity index (χ3n) is 7.93. The molecule has 0 bridgehead atoms. The van der Waals surface area contributed by atoms with Crippen molar-refractivity contribution < 1.29 is 9.22 Å². The summed E-state index contributed by atoms with van der Waals surface area (Å²) in [5.74, 6) is 1.13. The Hall–Kier alpha value is -1.91. The fourth-order valence-corrected chi connectivity index (χ4v) is 11.2. The number of carbonyl (C=O) groups excluding carboxylic acids is 1. The largest absolute Gasteiger partial charge is 0.407 e. The first-order chi connectivity index (χ1) is 15.3. The molecule has 1 saturated heterocycles. The summed E-state index contributed by atoms with van der Waals surface area (Å²) >= 11 is 0. The van der Waals surface area contributed by atoms with Crippen molar-refractivity contribution in [3.05, 3.63) is 60.7 Å². The van der Waals surface area contributed by atoms with Crippen LogP contribution in [-0.4, -0.2) is 26.4 Å². The molecule has 2 aromatic rings. The van der Waals surface area contributed by atoms with E-state index in [0.717, 1.165) is 25.9 Å². The van der Waals surface area contributed by atoms with E-state index in [1.54, 1.807) is 0 Å². The van der Waals surface area contributed by atoms with Crippen molar-refractivity contribution >= 4 is 24.6 Å². The lowest BCUT2D eigenvalue weighted by molar-refractivity contribution is -0.126. The van der Waals surface area contributed by atoms with Crippen molar-refractivity contribution in [2.75, 3.05) is 6.61 Å². The first kappa shape index (κ1) is 23.3. The predicted octanol–water partition coefficient (Wildman–Crippen LogP) is 5.04. The second-order valence-corrected chi connectivity index (χ2v) is 15.3. The summed E-state index contributed by atoms with van der Waals surface area (Å²) in [6.07, 6.45) is 6.33. The zero-order valence-electron chi connectivity index (χ0n) is 20.2. The van der Waals surface area contributed by atoms with Gasteiger partial charge >= 0.3 is 0 Å². The van der Waals surface area contributed by atoms with E-state index < -0.39 is 8.32 Å². The molecule has 1 aliphatic carbocycles. The Balaban J connectivity index is 1.66. The third-order valence-corrected chi connectivity index (χ3v) is 12.9. The van der Waals surface area contributed by atoms with Gasteiger partial charge in [-0.25, -0.2) is 0 Å². The van der Waals surface area contributed by atoms with E-state index in [9.17, 15) is 4.79 Å². The van der Waals surface area contributed by atoms with Crippen LogP contribution >= 0.6 is 0 Å². The topological polar surface area (TPSA) is 38.3 Å². The molecule has 1 aliphatic heterocycles. The molecule has 4 heteroatoms. The standard InChI is InChI=1S/C28H39NO2Si/c1-22(25-17-11-19-28(25)20-12-18-26(30)29-28)21-31-32(27(2,3)4,23-13-7-5-8-14-23)24-15-9-6-10-16-24/h5-10,13-16,22,25H,11-12,17-21H2,1-4H3,(H,29,30)/t22-,25+,28-/m0/s1. The summed E-state index contributed by atoms with van der Waals surface area (Å²) in [5.41, 5.74) is -0.0104. The van der Waals surface area contributed by atoms with Crippen molar-refractivity contribution in [3.63, 3.8) is 0 Å². The van der Waals surface area contributed by atoms with E-state index in [1.807, 2.05) is 0 Å². The van der Waals surface area contributed by atoms with Crippen molar-refractivity contribution in [1.29, 1.82) is 0 Å². The Labute approximate surface area is 195 Å². The lowest BCUT2D eigenvalue weighted by Gasteiger charge is -2.46. The third kappa shape index (κ3) is 4.20. The van der Waals surface area contributed by atoms with E-state index >= 15 is 0 Å². The van der Waals surface area contributed by atoms with E-state index in [-0.39, 0.29) is 16.5 Å². The molecule has 1 spiro atoms. The molecule has 1 heterocycles. The summed E-state index contributed by atoms with van der Waals surface area (Å²) in [6, 6.07) is 21.8. The zero-order valence-corrected chi connectivity index (χ0v) is 21.2. The van der Waals surface area contributed by atoms with Crippen LogP contribution in [0.15, 0.2) is 60.7 Å². The molecule has 3 atom stereocenters. The van der Waals surface area contributed by atoms with Crippen LogP contribution < -0.4 is 15.7 Å². The number of hydrogen-bond acceptors (Lipinski definition) is 2. The van der Waals surface area contributed by atoms with Crippen LogP contribution in [0.2, 0.25) is 5.04 Å². The van der Waals surface area contributed by atoms with Gasteiger partial charge in [-0.3, -0.25) is 4.79 Å². The molecule has 1 N–H and O–H groups in total. The van der Waals surface area contributed by atoms with E-state index in [1.165, 1.54) is 23.2 Å². The van der Waals surface area contributed by atoms with Crippen LogP contribution in [0.4, 0.5) is 0 Å². The average Bonchev–Trinajstić information content (AvgIpc) is 3.16. The SMILES string of the molecule is C[C@@H](CO[Si](c1ccccc1)(c1ccccc1)C(C)(C)C)[C@H]1CCC[C@]12CCCC(=O)N2. The summed E-state index contributed by atoms with van der Waals surface area (Å²) in [7, 11) is -2.52. The van der Waals surface area contributed by atoms with Crippen LogP contribution in [0.25, 0.3) is 0 Å². The highest BCUT2D eigenvalue weighted by Crippen LogP contribution is 2.46. The highest BCUT2D eigenvalue weighted by molar-refractivity contribution is 6.99. The summed E-state index contributed by atoms with van der Waals surface area (Å²) in [6.45, 7) is 10.1. The maximum absolute atomic E-state index is 12.3. The summed E-state index contributed by atoms with van der Waals surface area (Å²) in [4.78, 5) is 12.3. The molecule has 4 rings (SSSR count). The zero-order chi connectivity index (χ0) is 22.8. The molecule has 32 heavy (non-hydrogen) atoms. The van der Waals surface area contributed by atoms with Gasteiger partial charge in [-0.15, -0.1) is 0 Å². The fourth-order valence-electron chi connectivity index (χ4n) is 6.50. The molecule has 2 aliphatic rings. The van der Waals surface area contributed by atoms with Crippen LogP contribution in [0.3, 0.4) is 0 Å². The van der Waals surface area contributed by atoms with Gasteiger partial charge in [0.15, 0.2) is 0 Å². The molecule has 3 nitrogen and oxygen atoms in total. The molecular formula is C28H39NO2Si. The quantitative estimate of drug-likeness (QED) is 0.628. The van der Waals surface area contributed by atoms with E-state index in [0.29, 0.717) is 18.3 Å². The van der Waals surface area contributed by atoms with Crippen molar-refractivity contribution in [2.24, 2.45) is 11.8 Å². The number of amides is 1. The van der Waals surface area contributed by atoms with Gasteiger partial charge < -0.3 is 9.74 Å². The Morgan fingerprint density at radius 2 is 1.56 bits per heavy atom. The second kappa shape index (κ2) is 9.15. The monoisotopic (exact) mass is 449 g/mol. The maximum atomic E-state index is 12.3. The second-order valence-electron chi connectivity index (χ2n) is 11.0. The molecule has 1 saturated carbocycles. The maximum Gasteiger partial charge on any atom is 0.261 e. The van der Waals surface area contributed by atoms with Crippen molar-refractivity contribution in [3.8, 4) is 0 Å². The number of nitrogens with one attached hydrogen (secondary N) is 1. The van der Waals surface area contributed by atoms with Crippen molar-refractivity contribution in [2.45, 2.75) is 76.8 Å². The minimum atomic E-state index is -2.52. The van der Waals surface area contributed by atoms with Gasteiger partial charge in [0.05, 0.1) is 0 Å². The van der Waals surface area contributed by atoms with E-state index in [2.05, 4.69) is 93.7 Å². The number of benzene rings is 2. The van der Waals surface area contributed by atoms with E-state index in [4.69, 9.17) is 4.43 Å². The Bertz CT molecular complexity index is 869. The summed E-state index contributed by atoms with van der Waals surface area (Å²) in [5, 5.41) is 6.08. The van der Waals surface area contributed by atoms with Gasteiger partial charge in [0.1, 0.15) is 0 Å². The Morgan fingerprint density at radius 1 is 1.00 bits per heavy atom. The van der Waals surface area contributed by atoms with Crippen LogP contribution in [-0.2, 0) is 9.22 Å². The van der Waals surface area contributed by atoms with Crippen LogP contribution in [0.1, 0.15) is 66.2 Å². The fraction of sp³-hybridized carbons (Fsp3) is 0.536. The van der Waals surface area contributed by atoms with Gasteiger partial charge in [0.25, 0.3) is 8.32 Å². The molecular weight excluding hydrogens is 410 g/mol. The number of carbonyl (C=O) groups is 1. The van der Waals surface area contributed by atoms with Gasteiger partial charge in [0, 0.05) is 18.6 Å². The first-order valence-electron chi connectivity index (χ1n) is 12.3. The predicted molar refractivity (Wildman–Crippen MR) is 135 cm³/mol. The highest BCUT2D eigenvalue weighted by Gasteiger charge is 2.52. The van der Waals surface area contributed by atoms with Crippen molar-refractivity contribution in [1.82, 2.24) is 5.32 Å². The normalized spacial score (nSPS) is 25.0.